The zero-order valence-corrected chi connectivity index (χ0v) is 11.4. The molecule has 3 N–H and O–H groups in total. The summed E-state index contributed by atoms with van der Waals surface area (Å²) >= 11 is 1.38. The van der Waals surface area contributed by atoms with Crippen LogP contribution in [-0.4, -0.2) is 19.6 Å². The van der Waals surface area contributed by atoms with Gasteiger partial charge in [-0.15, -0.1) is 10.2 Å². The summed E-state index contributed by atoms with van der Waals surface area (Å²) in [6.07, 6.45) is 1.88. The van der Waals surface area contributed by atoms with Crippen molar-refractivity contribution in [2.45, 2.75) is 10.1 Å². The third-order valence-corrected chi connectivity index (χ3v) is 4.07. The average Bonchev–Trinajstić information content (AvgIpc) is 3.02. The molecule has 3 aromatic heterocycles. The molecule has 0 saturated carbocycles. The quantitative estimate of drug-likeness (QED) is 0.548. The van der Waals surface area contributed by atoms with E-state index in [9.17, 15) is 4.79 Å². The Morgan fingerprint density at radius 2 is 2.19 bits per heavy atom. The zero-order valence-electron chi connectivity index (χ0n) is 10.6. The lowest BCUT2D eigenvalue weighted by molar-refractivity contribution is 0.555. The Morgan fingerprint density at radius 1 is 1.29 bits per heavy atom. The van der Waals surface area contributed by atoms with Crippen LogP contribution in [0, 0.1) is 0 Å². The molecule has 21 heavy (non-hydrogen) atoms. The minimum atomic E-state index is -0.500. The first-order valence-corrected chi connectivity index (χ1v) is 6.92. The summed E-state index contributed by atoms with van der Waals surface area (Å²) in [6.45, 7) is 0. The number of nitrogens with two attached hydrogens (primary N) is 1. The van der Waals surface area contributed by atoms with Crippen molar-refractivity contribution in [1.82, 2.24) is 19.6 Å². The molecule has 0 spiro atoms. The van der Waals surface area contributed by atoms with Gasteiger partial charge in [0.2, 0.25) is 5.16 Å². The van der Waals surface area contributed by atoms with Gasteiger partial charge in [-0.25, -0.2) is 4.79 Å². The molecule has 4 aromatic rings. The second-order valence-electron chi connectivity index (χ2n) is 4.41. The van der Waals surface area contributed by atoms with Crippen LogP contribution < -0.4 is 11.5 Å². The van der Waals surface area contributed by atoms with Gasteiger partial charge in [-0.05, 0) is 30.0 Å². The molecule has 8 heteroatoms. The van der Waals surface area contributed by atoms with Crippen LogP contribution in [0.5, 0.6) is 0 Å². The van der Waals surface area contributed by atoms with E-state index in [0.717, 1.165) is 10.5 Å². The maximum absolute atomic E-state index is 11.2. The van der Waals surface area contributed by atoms with Crippen LogP contribution in [0.3, 0.4) is 0 Å². The molecule has 104 valence electrons. The number of rotatable bonds is 2. The summed E-state index contributed by atoms with van der Waals surface area (Å²) in [5, 5.41) is 8.92. The molecular formula is C13H9N5O2S. The number of nitrogen functional groups attached to an aromatic ring is 1. The Kier molecular flexibility index (Phi) is 2.51. The highest BCUT2D eigenvalue weighted by molar-refractivity contribution is 7.99. The first-order chi connectivity index (χ1) is 10.2. The zero-order chi connectivity index (χ0) is 14.4. The second-order valence-corrected chi connectivity index (χ2v) is 5.42. The van der Waals surface area contributed by atoms with Crippen LogP contribution >= 0.6 is 11.8 Å². The number of oxazole rings is 1. The third kappa shape index (κ3) is 1.96. The summed E-state index contributed by atoms with van der Waals surface area (Å²) in [7, 11) is 0. The molecule has 0 fully saturated rings. The minimum Gasteiger partial charge on any atom is -0.408 e. The highest BCUT2D eigenvalue weighted by Crippen LogP contribution is 2.33. The minimum absolute atomic E-state index is 0.438. The molecule has 1 aromatic carbocycles. The van der Waals surface area contributed by atoms with Gasteiger partial charge in [0.15, 0.2) is 11.2 Å². The van der Waals surface area contributed by atoms with Crippen molar-refractivity contribution in [3.63, 3.8) is 0 Å². The lowest BCUT2D eigenvalue weighted by Gasteiger charge is -2.03. The molecule has 0 unspecified atom stereocenters. The van der Waals surface area contributed by atoms with Gasteiger partial charge in [-0.3, -0.25) is 9.38 Å². The van der Waals surface area contributed by atoms with E-state index in [2.05, 4.69) is 15.2 Å². The monoisotopic (exact) mass is 299 g/mol. The van der Waals surface area contributed by atoms with E-state index in [4.69, 9.17) is 10.2 Å². The fourth-order valence-electron chi connectivity index (χ4n) is 2.07. The van der Waals surface area contributed by atoms with Crippen LogP contribution in [-0.2, 0) is 0 Å². The number of H-pyrrole nitrogens is 1. The largest absolute Gasteiger partial charge is 0.417 e. The topological polar surface area (TPSA) is 102 Å². The van der Waals surface area contributed by atoms with Crippen molar-refractivity contribution in [3.8, 4) is 0 Å². The molecule has 3 heterocycles. The van der Waals surface area contributed by atoms with Gasteiger partial charge in [0.05, 0.1) is 5.52 Å². The highest BCUT2D eigenvalue weighted by Gasteiger charge is 2.12. The number of nitrogens with zero attached hydrogens (tertiary/aromatic N) is 3. The molecule has 0 aliphatic rings. The molecule has 0 bridgehead atoms. The van der Waals surface area contributed by atoms with Crippen molar-refractivity contribution in [2.24, 2.45) is 0 Å². The van der Waals surface area contributed by atoms with Gasteiger partial charge < -0.3 is 10.2 Å². The first-order valence-electron chi connectivity index (χ1n) is 6.11. The molecule has 0 aliphatic carbocycles. The van der Waals surface area contributed by atoms with Crippen LogP contribution in [0.1, 0.15) is 0 Å². The molecule has 7 nitrogen and oxygen atoms in total. The molecule has 0 aliphatic heterocycles. The Bertz CT molecular complexity index is 1020. The summed E-state index contributed by atoms with van der Waals surface area (Å²) in [5.74, 6) is -0.500. The van der Waals surface area contributed by atoms with E-state index in [0.29, 0.717) is 21.9 Å². The standard InChI is InChI=1S/C13H9N5O2S/c14-7-5-9-8(15-13(19)20-9)6-10(7)21-12-17-16-11-3-1-2-4-18(11)12/h1-6H,14H2,(H,15,19). The van der Waals surface area contributed by atoms with Crippen LogP contribution in [0.4, 0.5) is 5.69 Å². The SMILES string of the molecule is Nc1cc2oc(=O)[nH]c2cc1Sc1nnc2ccccn12. The van der Waals surface area contributed by atoms with E-state index in [1.165, 1.54) is 11.8 Å². The number of fused-ring (bicyclic) bond motifs is 2. The molecule has 0 atom stereocenters. The predicted molar refractivity (Wildman–Crippen MR) is 78.4 cm³/mol. The van der Waals surface area contributed by atoms with Crippen molar-refractivity contribution >= 4 is 34.2 Å². The molecule has 0 saturated heterocycles. The van der Waals surface area contributed by atoms with Crippen molar-refractivity contribution in [3.05, 3.63) is 47.1 Å². The molecule has 0 amide bonds. The fraction of sp³-hybridized carbons (Fsp3) is 0. The van der Waals surface area contributed by atoms with Crippen LogP contribution in [0.15, 0.2) is 55.8 Å². The van der Waals surface area contributed by atoms with Crippen molar-refractivity contribution in [2.75, 3.05) is 5.73 Å². The van der Waals surface area contributed by atoms with E-state index < -0.39 is 5.76 Å². The lowest BCUT2D eigenvalue weighted by Crippen LogP contribution is -1.93. The predicted octanol–water partition coefficient (Wildman–Crippen LogP) is 1.90. The van der Waals surface area contributed by atoms with Crippen LogP contribution in [0.25, 0.3) is 16.7 Å². The van der Waals surface area contributed by atoms with Crippen molar-refractivity contribution in [1.29, 1.82) is 0 Å². The summed E-state index contributed by atoms with van der Waals surface area (Å²) in [4.78, 5) is 14.6. The number of benzene rings is 1. The Labute approximate surface area is 121 Å². The molecular weight excluding hydrogens is 290 g/mol. The molecule has 0 radical (unpaired) electrons. The Balaban J connectivity index is 1.83. The number of hydrogen-bond donors (Lipinski definition) is 2. The third-order valence-electron chi connectivity index (χ3n) is 3.04. The van der Waals surface area contributed by atoms with Gasteiger partial charge in [0.1, 0.15) is 0 Å². The van der Waals surface area contributed by atoms with E-state index in [-0.39, 0.29) is 0 Å². The van der Waals surface area contributed by atoms with Crippen LogP contribution in [0.2, 0.25) is 0 Å². The number of aromatic nitrogens is 4. The highest BCUT2D eigenvalue weighted by atomic mass is 32.2. The summed E-state index contributed by atoms with van der Waals surface area (Å²) < 4.78 is 6.84. The number of aromatic amines is 1. The average molecular weight is 299 g/mol. The fourth-order valence-corrected chi connectivity index (χ4v) is 2.95. The Morgan fingerprint density at radius 3 is 3.10 bits per heavy atom. The molecule has 4 rings (SSSR count). The van der Waals surface area contributed by atoms with Gasteiger partial charge in [0, 0.05) is 22.8 Å². The lowest BCUT2D eigenvalue weighted by atomic mass is 10.3. The number of hydrogen-bond acceptors (Lipinski definition) is 6. The van der Waals surface area contributed by atoms with Crippen molar-refractivity contribution < 1.29 is 4.42 Å². The van der Waals surface area contributed by atoms with Gasteiger partial charge in [0.25, 0.3) is 0 Å². The number of anilines is 1. The normalized spacial score (nSPS) is 11.4. The number of nitrogens with one attached hydrogen (secondary N) is 1. The first kappa shape index (κ1) is 12.0. The van der Waals surface area contributed by atoms with Gasteiger partial charge in [-0.1, -0.05) is 6.07 Å². The van der Waals surface area contributed by atoms with E-state index >= 15 is 0 Å². The second kappa shape index (κ2) is 4.38. The summed E-state index contributed by atoms with van der Waals surface area (Å²) in [6, 6.07) is 9.07. The summed E-state index contributed by atoms with van der Waals surface area (Å²) in [5.41, 5.74) is 8.32. The maximum atomic E-state index is 11.2. The van der Waals surface area contributed by atoms with E-state index in [1.807, 2.05) is 28.8 Å². The van der Waals surface area contributed by atoms with E-state index in [1.54, 1.807) is 12.1 Å². The smallest absolute Gasteiger partial charge is 0.408 e. The van der Waals surface area contributed by atoms with Gasteiger partial charge in [-0.2, -0.15) is 0 Å². The van der Waals surface area contributed by atoms with Gasteiger partial charge >= 0.3 is 5.76 Å². The Hall–Kier alpha value is -2.74. The maximum Gasteiger partial charge on any atom is 0.417 e. The number of pyridine rings is 1.